The zero-order valence-electron chi connectivity index (χ0n) is 25.4. The first kappa shape index (κ1) is 31.4. The minimum Gasteiger partial charge on any atom is -0.397 e. The largest absolute Gasteiger partial charge is 0.397 e. The number of allylic oxidation sites excluding steroid dienone is 4. The molecule has 1 fully saturated rings. The molecule has 1 atom stereocenters. The summed E-state index contributed by atoms with van der Waals surface area (Å²) in [6.07, 6.45) is 10.6. The third kappa shape index (κ3) is 7.47. The molecule has 6 rings (SSSR count). The number of benzene rings is 3. The molecule has 0 bridgehead atoms. The Kier molecular flexibility index (Phi) is 9.25. The molecule has 2 heterocycles. The second kappa shape index (κ2) is 13.8. The predicted molar refractivity (Wildman–Crippen MR) is 175 cm³/mol. The van der Waals surface area contributed by atoms with E-state index in [4.69, 9.17) is 5.73 Å². The summed E-state index contributed by atoms with van der Waals surface area (Å²) in [5.41, 5.74) is 10.3. The van der Waals surface area contributed by atoms with Crippen LogP contribution in [0.15, 0.2) is 113 Å². The second-order valence-corrected chi connectivity index (χ2v) is 11.5. The molecule has 0 saturated carbocycles. The number of fused-ring (bicyclic) bond motifs is 1. The molecule has 0 radical (unpaired) electrons. The Hall–Kier alpha value is -5.55. The number of nitrogens with two attached hydrogens (primary N) is 1. The van der Waals surface area contributed by atoms with Gasteiger partial charge in [-0.2, -0.15) is 5.11 Å². The fraction of sp³-hybridized carbons (Fsp3) is 0.194. The number of nitrogens with one attached hydrogen (secondary N) is 1. The normalized spacial score (nSPS) is 17.8. The van der Waals surface area contributed by atoms with Crippen molar-refractivity contribution < 1.29 is 23.2 Å². The van der Waals surface area contributed by atoms with Gasteiger partial charge in [0.1, 0.15) is 11.6 Å². The van der Waals surface area contributed by atoms with Gasteiger partial charge >= 0.3 is 0 Å². The SMILES string of the molecule is Nc1cc(F)ccc1NC(=O)/C=C/c1ccc(CN2CCN(C(=O)c3cc(CC4=C5C=CC=CC5C(=O)N=N4)ccc3F)CC2)cc1. The lowest BCUT2D eigenvalue weighted by atomic mass is 9.89. The molecule has 3 aromatic carbocycles. The zero-order valence-corrected chi connectivity index (χ0v) is 25.4. The molecule has 1 unspecified atom stereocenters. The number of azo groups is 1. The average Bonchev–Trinajstić information content (AvgIpc) is 3.08. The van der Waals surface area contributed by atoms with Crippen molar-refractivity contribution in [1.82, 2.24) is 9.80 Å². The van der Waals surface area contributed by atoms with Gasteiger partial charge in [-0.15, -0.1) is 5.11 Å². The van der Waals surface area contributed by atoms with Gasteiger partial charge in [0.15, 0.2) is 0 Å². The van der Waals surface area contributed by atoms with E-state index < -0.39 is 17.6 Å². The van der Waals surface area contributed by atoms with Crippen LogP contribution >= 0.6 is 0 Å². The maximum Gasteiger partial charge on any atom is 0.275 e. The van der Waals surface area contributed by atoms with Crippen molar-refractivity contribution in [3.63, 3.8) is 0 Å². The number of halogens is 2. The number of nitrogen functional groups attached to an aromatic ring is 1. The van der Waals surface area contributed by atoms with Crippen molar-refractivity contribution in [1.29, 1.82) is 0 Å². The van der Waals surface area contributed by atoms with Gasteiger partial charge in [0.05, 0.1) is 28.6 Å². The molecule has 0 spiro atoms. The number of piperazine rings is 1. The van der Waals surface area contributed by atoms with Crippen molar-refractivity contribution in [2.45, 2.75) is 13.0 Å². The van der Waals surface area contributed by atoms with Crippen LogP contribution in [0.3, 0.4) is 0 Å². The first-order valence-corrected chi connectivity index (χ1v) is 15.2. The van der Waals surface area contributed by atoms with Crippen LogP contribution in [0.1, 0.15) is 27.0 Å². The number of carbonyl (C=O) groups is 3. The molecular weight excluding hydrogens is 602 g/mol. The maximum absolute atomic E-state index is 14.9. The Morgan fingerprint density at radius 2 is 1.70 bits per heavy atom. The number of amides is 3. The van der Waals surface area contributed by atoms with E-state index >= 15 is 0 Å². The van der Waals surface area contributed by atoms with Crippen molar-refractivity contribution in [2.24, 2.45) is 16.1 Å². The van der Waals surface area contributed by atoms with Crippen LogP contribution in [0.5, 0.6) is 0 Å². The third-order valence-electron chi connectivity index (χ3n) is 8.27. The number of hydrogen-bond acceptors (Lipinski definition) is 6. The molecule has 2 aliphatic heterocycles. The number of rotatable bonds is 8. The molecule has 47 heavy (non-hydrogen) atoms. The highest BCUT2D eigenvalue weighted by molar-refractivity contribution is 6.03. The van der Waals surface area contributed by atoms with E-state index in [1.807, 2.05) is 36.4 Å². The Balaban J connectivity index is 1.01. The Bertz CT molecular complexity index is 1870. The van der Waals surface area contributed by atoms with Crippen LogP contribution in [0.4, 0.5) is 20.2 Å². The van der Waals surface area contributed by atoms with E-state index in [0.717, 1.165) is 22.8 Å². The van der Waals surface area contributed by atoms with Crippen molar-refractivity contribution in [3.05, 3.63) is 136 Å². The molecule has 0 aromatic heterocycles. The monoisotopic (exact) mass is 634 g/mol. The summed E-state index contributed by atoms with van der Waals surface area (Å²) in [5, 5.41) is 10.5. The van der Waals surface area contributed by atoms with Crippen LogP contribution in [0, 0.1) is 17.6 Å². The van der Waals surface area contributed by atoms with Gasteiger partial charge in [0.25, 0.3) is 11.8 Å². The molecule has 1 saturated heterocycles. The summed E-state index contributed by atoms with van der Waals surface area (Å²) in [7, 11) is 0. The fourth-order valence-electron chi connectivity index (χ4n) is 5.70. The second-order valence-electron chi connectivity index (χ2n) is 11.5. The summed E-state index contributed by atoms with van der Waals surface area (Å²) < 4.78 is 28.1. The summed E-state index contributed by atoms with van der Waals surface area (Å²) in [6.45, 7) is 2.86. The van der Waals surface area contributed by atoms with Crippen molar-refractivity contribution in [2.75, 3.05) is 37.2 Å². The predicted octanol–water partition coefficient (Wildman–Crippen LogP) is 5.69. The van der Waals surface area contributed by atoms with E-state index in [0.29, 0.717) is 56.1 Å². The first-order chi connectivity index (χ1) is 22.7. The lowest BCUT2D eigenvalue weighted by Crippen LogP contribution is -2.48. The lowest BCUT2D eigenvalue weighted by Gasteiger charge is -2.35. The van der Waals surface area contributed by atoms with Gasteiger partial charge in [-0.1, -0.05) is 54.6 Å². The van der Waals surface area contributed by atoms with E-state index in [-0.39, 0.29) is 29.0 Å². The Morgan fingerprint density at radius 1 is 0.936 bits per heavy atom. The van der Waals surface area contributed by atoms with Crippen LogP contribution in [0.25, 0.3) is 6.08 Å². The minimum atomic E-state index is -0.580. The van der Waals surface area contributed by atoms with Crippen LogP contribution in [0.2, 0.25) is 0 Å². The fourth-order valence-corrected chi connectivity index (χ4v) is 5.70. The molecule has 3 N–H and O–H groups in total. The average molecular weight is 635 g/mol. The van der Waals surface area contributed by atoms with Gasteiger partial charge in [-0.05, 0) is 58.7 Å². The molecule has 9 nitrogen and oxygen atoms in total. The maximum atomic E-state index is 14.9. The van der Waals surface area contributed by atoms with E-state index in [9.17, 15) is 23.2 Å². The molecule has 3 aromatic rings. The standard InChI is InChI=1S/C36H32F2N6O3/c37-26-11-13-32(31(39)21-26)40-34(45)14-10-23-5-7-24(8-6-23)22-43-15-17-44(18-16-43)36(47)29-19-25(9-12-30(29)38)20-33-27-3-1-2-4-28(27)35(46)42-41-33/h1-14,19,21,28H,15-18,20,22,39H2,(H,40,45)/b14-10+. The zero-order chi connectivity index (χ0) is 32.9. The topological polar surface area (TPSA) is 120 Å². The smallest absolute Gasteiger partial charge is 0.275 e. The van der Waals surface area contributed by atoms with Gasteiger partial charge in [-0.25, -0.2) is 8.78 Å². The molecular formula is C36H32F2N6O3. The Labute approximate surface area is 270 Å². The molecule has 238 valence electrons. The van der Waals surface area contributed by atoms with Gasteiger partial charge in [0, 0.05) is 45.2 Å². The molecule has 3 amide bonds. The first-order valence-electron chi connectivity index (χ1n) is 15.2. The third-order valence-corrected chi connectivity index (χ3v) is 8.27. The minimum absolute atomic E-state index is 0.0134. The van der Waals surface area contributed by atoms with Gasteiger partial charge < -0.3 is 16.0 Å². The Morgan fingerprint density at radius 3 is 2.47 bits per heavy atom. The number of anilines is 2. The summed E-state index contributed by atoms with van der Waals surface area (Å²) >= 11 is 0. The number of carbonyl (C=O) groups excluding carboxylic acids is 3. The number of nitrogens with zero attached hydrogens (tertiary/aromatic N) is 4. The summed E-state index contributed by atoms with van der Waals surface area (Å²) in [6, 6.07) is 16.1. The van der Waals surface area contributed by atoms with E-state index in [1.54, 1.807) is 35.3 Å². The highest BCUT2D eigenvalue weighted by Crippen LogP contribution is 2.31. The van der Waals surface area contributed by atoms with Crippen molar-refractivity contribution >= 4 is 35.2 Å². The number of hydrogen-bond donors (Lipinski definition) is 2. The highest BCUT2D eigenvalue weighted by atomic mass is 19.1. The molecule has 3 aliphatic rings. The quantitative estimate of drug-likeness (QED) is 0.244. The molecule has 1 aliphatic carbocycles. The summed E-state index contributed by atoms with van der Waals surface area (Å²) in [5.74, 6) is -2.58. The van der Waals surface area contributed by atoms with Crippen molar-refractivity contribution in [3.8, 4) is 0 Å². The van der Waals surface area contributed by atoms with Crippen LogP contribution in [-0.4, -0.2) is 53.7 Å². The van der Waals surface area contributed by atoms with Crippen LogP contribution in [-0.2, 0) is 22.6 Å². The lowest BCUT2D eigenvalue weighted by molar-refractivity contribution is -0.120. The molecule has 11 heteroatoms. The van der Waals surface area contributed by atoms with Gasteiger partial charge in [0.2, 0.25) is 5.91 Å². The van der Waals surface area contributed by atoms with E-state index in [2.05, 4.69) is 20.4 Å². The van der Waals surface area contributed by atoms with Crippen LogP contribution < -0.4 is 11.1 Å². The summed E-state index contributed by atoms with van der Waals surface area (Å²) in [4.78, 5) is 41.7. The van der Waals surface area contributed by atoms with E-state index in [1.165, 1.54) is 24.3 Å². The van der Waals surface area contributed by atoms with Gasteiger partial charge in [-0.3, -0.25) is 19.3 Å². The highest BCUT2D eigenvalue weighted by Gasteiger charge is 2.28.